The second kappa shape index (κ2) is 4.21. The van der Waals surface area contributed by atoms with E-state index in [1.807, 2.05) is 6.20 Å². The molecule has 80 valence electrons. The van der Waals surface area contributed by atoms with Gasteiger partial charge in [0.1, 0.15) is 0 Å². The summed E-state index contributed by atoms with van der Waals surface area (Å²) in [7, 11) is 0. The van der Waals surface area contributed by atoms with Crippen molar-refractivity contribution >= 4 is 23.3 Å². The van der Waals surface area contributed by atoms with Crippen molar-refractivity contribution in [3.8, 4) is 0 Å². The Morgan fingerprint density at radius 1 is 1.33 bits per heavy atom. The van der Waals surface area contributed by atoms with Gasteiger partial charge in [0.2, 0.25) is 0 Å². The van der Waals surface area contributed by atoms with Crippen molar-refractivity contribution in [2.45, 2.75) is 12.3 Å². The number of nitrogens with one attached hydrogen (secondary N) is 2. The molecular formula is C11H14ClN3. The lowest BCUT2D eigenvalue weighted by molar-refractivity contribution is 0.770. The van der Waals surface area contributed by atoms with Gasteiger partial charge in [0.05, 0.1) is 11.7 Å². The number of fused-ring (bicyclic) bond motifs is 1. The number of hydrogen-bond acceptors (Lipinski definition) is 2. The van der Waals surface area contributed by atoms with Crippen LogP contribution in [0.3, 0.4) is 0 Å². The SMILES string of the molecule is Cl.c1cc(C2CCNC2)c2cn[nH]c2c1. The molecule has 2 N–H and O–H groups in total. The molecule has 4 heteroatoms. The minimum atomic E-state index is 0. The fourth-order valence-corrected chi connectivity index (χ4v) is 2.27. The number of aromatic nitrogens is 2. The lowest BCUT2D eigenvalue weighted by Crippen LogP contribution is -2.07. The molecule has 0 spiro atoms. The molecule has 1 aromatic heterocycles. The summed E-state index contributed by atoms with van der Waals surface area (Å²) in [6.45, 7) is 2.24. The van der Waals surface area contributed by atoms with Crippen LogP contribution in [0.15, 0.2) is 24.4 Å². The highest BCUT2D eigenvalue weighted by Crippen LogP contribution is 2.28. The summed E-state index contributed by atoms with van der Waals surface area (Å²) >= 11 is 0. The topological polar surface area (TPSA) is 40.7 Å². The molecule has 2 heterocycles. The summed E-state index contributed by atoms with van der Waals surface area (Å²) in [5.41, 5.74) is 2.58. The van der Waals surface area contributed by atoms with Crippen LogP contribution in [0.5, 0.6) is 0 Å². The normalized spacial score (nSPS) is 20.4. The first-order valence-corrected chi connectivity index (χ1v) is 5.08. The molecule has 0 aliphatic carbocycles. The minimum Gasteiger partial charge on any atom is -0.316 e. The first-order chi connectivity index (χ1) is 6.95. The Hall–Kier alpha value is -1.06. The van der Waals surface area contributed by atoms with E-state index in [2.05, 4.69) is 33.7 Å². The average Bonchev–Trinajstić information content (AvgIpc) is 2.88. The number of hydrogen-bond donors (Lipinski definition) is 2. The van der Waals surface area contributed by atoms with E-state index in [1.165, 1.54) is 17.4 Å². The molecular weight excluding hydrogens is 210 g/mol. The van der Waals surface area contributed by atoms with Crippen molar-refractivity contribution in [2.24, 2.45) is 0 Å². The van der Waals surface area contributed by atoms with Crippen LogP contribution in [0.1, 0.15) is 17.9 Å². The third kappa shape index (κ3) is 1.73. The quantitative estimate of drug-likeness (QED) is 0.777. The molecule has 1 aliphatic rings. The van der Waals surface area contributed by atoms with Crippen molar-refractivity contribution in [3.63, 3.8) is 0 Å². The van der Waals surface area contributed by atoms with Crippen molar-refractivity contribution in [1.29, 1.82) is 0 Å². The van der Waals surface area contributed by atoms with Gasteiger partial charge in [-0.25, -0.2) is 0 Å². The van der Waals surface area contributed by atoms with Crippen LogP contribution in [0, 0.1) is 0 Å². The lowest BCUT2D eigenvalue weighted by Gasteiger charge is -2.09. The highest BCUT2D eigenvalue weighted by molar-refractivity contribution is 5.85. The van der Waals surface area contributed by atoms with E-state index in [9.17, 15) is 0 Å². The Bertz CT molecular complexity index is 446. The van der Waals surface area contributed by atoms with Crippen LogP contribution in [0.2, 0.25) is 0 Å². The Morgan fingerprint density at radius 3 is 3.07 bits per heavy atom. The fourth-order valence-electron chi connectivity index (χ4n) is 2.27. The van der Waals surface area contributed by atoms with Gasteiger partial charge in [0.15, 0.2) is 0 Å². The maximum Gasteiger partial charge on any atom is 0.0653 e. The summed E-state index contributed by atoms with van der Waals surface area (Å²) < 4.78 is 0. The molecule has 3 nitrogen and oxygen atoms in total. The van der Waals surface area contributed by atoms with Crippen molar-refractivity contribution in [2.75, 3.05) is 13.1 Å². The second-order valence-electron chi connectivity index (χ2n) is 3.87. The molecule has 3 rings (SSSR count). The molecule has 1 atom stereocenters. The Balaban J connectivity index is 0.000000853. The molecule has 0 amide bonds. The highest BCUT2D eigenvalue weighted by Gasteiger charge is 2.18. The van der Waals surface area contributed by atoms with E-state index in [1.54, 1.807) is 0 Å². The van der Waals surface area contributed by atoms with Crippen molar-refractivity contribution < 1.29 is 0 Å². The molecule has 0 radical (unpaired) electrons. The Kier molecular flexibility index (Phi) is 2.93. The van der Waals surface area contributed by atoms with Crippen molar-refractivity contribution in [1.82, 2.24) is 15.5 Å². The van der Waals surface area contributed by atoms with Crippen LogP contribution in [-0.4, -0.2) is 23.3 Å². The fraction of sp³-hybridized carbons (Fsp3) is 0.364. The van der Waals surface area contributed by atoms with Crippen LogP contribution in [-0.2, 0) is 0 Å². The summed E-state index contributed by atoms with van der Waals surface area (Å²) in [6.07, 6.45) is 3.17. The number of halogens is 1. The van der Waals surface area contributed by atoms with Crippen LogP contribution >= 0.6 is 12.4 Å². The Labute approximate surface area is 94.7 Å². The number of rotatable bonds is 1. The van der Waals surface area contributed by atoms with E-state index >= 15 is 0 Å². The predicted molar refractivity (Wildman–Crippen MR) is 63.6 cm³/mol. The first-order valence-electron chi connectivity index (χ1n) is 5.08. The van der Waals surface area contributed by atoms with Gasteiger partial charge in [0.25, 0.3) is 0 Å². The molecule has 2 aromatic rings. The minimum absolute atomic E-state index is 0. The van der Waals surface area contributed by atoms with Gasteiger partial charge in [-0.15, -0.1) is 12.4 Å². The van der Waals surface area contributed by atoms with Gasteiger partial charge in [-0.1, -0.05) is 12.1 Å². The van der Waals surface area contributed by atoms with E-state index in [0.29, 0.717) is 5.92 Å². The average molecular weight is 224 g/mol. The van der Waals surface area contributed by atoms with Gasteiger partial charge in [-0.3, -0.25) is 5.10 Å². The molecule has 1 fully saturated rings. The van der Waals surface area contributed by atoms with E-state index < -0.39 is 0 Å². The monoisotopic (exact) mass is 223 g/mol. The summed E-state index contributed by atoms with van der Waals surface area (Å²) in [4.78, 5) is 0. The standard InChI is InChI=1S/C11H13N3.ClH/c1-2-9(8-4-5-12-6-8)10-7-13-14-11(10)3-1;/h1-3,7-8,12H,4-6H2,(H,13,14);1H. The van der Waals surface area contributed by atoms with E-state index in [4.69, 9.17) is 0 Å². The van der Waals surface area contributed by atoms with E-state index in [0.717, 1.165) is 18.6 Å². The third-order valence-electron chi connectivity index (χ3n) is 3.02. The van der Waals surface area contributed by atoms with Crippen LogP contribution < -0.4 is 5.32 Å². The number of nitrogens with zero attached hydrogens (tertiary/aromatic N) is 1. The van der Waals surface area contributed by atoms with Gasteiger partial charge in [-0.2, -0.15) is 5.10 Å². The van der Waals surface area contributed by atoms with Crippen molar-refractivity contribution in [3.05, 3.63) is 30.0 Å². The third-order valence-corrected chi connectivity index (χ3v) is 3.02. The van der Waals surface area contributed by atoms with Gasteiger partial charge in [-0.05, 0) is 30.5 Å². The Morgan fingerprint density at radius 2 is 2.27 bits per heavy atom. The molecule has 1 unspecified atom stereocenters. The maximum atomic E-state index is 4.09. The summed E-state index contributed by atoms with van der Waals surface area (Å²) in [5, 5.41) is 11.8. The predicted octanol–water partition coefficient (Wildman–Crippen LogP) is 2.06. The lowest BCUT2D eigenvalue weighted by atomic mass is 9.95. The molecule has 0 bridgehead atoms. The first kappa shape index (κ1) is 10.5. The van der Waals surface area contributed by atoms with Gasteiger partial charge >= 0.3 is 0 Å². The summed E-state index contributed by atoms with van der Waals surface area (Å²) in [5.74, 6) is 0.663. The maximum absolute atomic E-state index is 4.09. The smallest absolute Gasteiger partial charge is 0.0653 e. The zero-order chi connectivity index (χ0) is 9.38. The molecule has 1 aliphatic heterocycles. The largest absolute Gasteiger partial charge is 0.316 e. The number of aromatic amines is 1. The number of benzene rings is 1. The second-order valence-corrected chi connectivity index (χ2v) is 3.87. The van der Waals surface area contributed by atoms with Gasteiger partial charge in [0, 0.05) is 11.9 Å². The van der Waals surface area contributed by atoms with Crippen LogP contribution in [0.25, 0.3) is 10.9 Å². The molecule has 1 saturated heterocycles. The highest BCUT2D eigenvalue weighted by atomic mass is 35.5. The van der Waals surface area contributed by atoms with Crippen LogP contribution in [0.4, 0.5) is 0 Å². The van der Waals surface area contributed by atoms with Gasteiger partial charge < -0.3 is 5.32 Å². The zero-order valence-electron chi connectivity index (χ0n) is 8.36. The molecule has 1 aromatic carbocycles. The zero-order valence-corrected chi connectivity index (χ0v) is 9.18. The molecule has 15 heavy (non-hydrogen) atoms. The van der Waals surface area contributed by atoms with E-state index in [-0.39, 0.29) is 12.4 Å². The summed E-state index contributed by atoms with van der Waals surface area (Å²) in [6, 6.07) is 6.40. The number of H-pyrrole nitrogens is 1. The molecule has 0 saturated carbocycles.